The minimum atomic E-state index is 0.790. The number of pyridine rings is 1. The van der Waals surface area contributed by atoms with Gasteiger partial charge in [0.1, 0.15) is 5.82 Å². The quantitative estimate of drug-likeness (QED) is 0.705. The lowest BCUT2D eigenvalue weighted by Gasteiger charge is -2.24. The lowest BCUT2D eigenvalue weighted by molar-refractivity contribution is 0.947. The summed E-state index contributed by atoms with van der Waals surface area (Å²) < 4.78 is 0. The summed E-state index contributed by atoms with van der Waals surface area (Å²) in [7, 11) is 0. The van der Waals surface area contributed by atoms with Gasteiger partial charge in [0.15, 0.2) is 0 Å². The van der Waals surface area contributed by atoms with E-state index in [1.807, 2.05) is 18.3 Å². The predicted octanol–water partition coefficient (Wildman–Crippen LogP) is 4.85. The number of anilines is 3. The fourth-order valence-electron chi connectivity index (χ4n) is 2.53. The van der Waals surface area contributed by atoms with Crippen LogP contribution in [-0.4, -0.2) is 11.5 Å². The molecule has 0 radical (unpaired) electrons. The highest BCUT2D eigenvalue weighted by Gasteiger charge is 2.11. The summed E-state index contributed by atoms with van der Waals surface area (Å²) in [6.07, 6.45) is 1.89. The Kier molecular flexibility index (Phi) is 4.89. The van der Waals surface area contributed by atoms with Gasteiger partial charge in [-0.15, -0.1) is 0 Å². The van der Waals surface area contributed by atoms with E-state index in [1.165, 1.54) is 5.56 Å². The molecule has 0 aliphatic rings. The monoisotopic (exact) mass is 303 g/mol. The maximum atomic E-state index is 4.63. The second-order valence-corrected chi connectivity index (χ2v) is 5.34. The molecular weight excluding hydrogens is 282 g/mol. The highest BCUT2D eigenvalue weighted by molar-refractivity contribution is 5.61. The molecule has 0 saturated carbocycles. The smallest absolute Gasteiger partial charge is 0.133 e. The van der Waals surface area contributed by atoms with E-state index in [-0.39, 0.29) is 0 Å². The van der Waals surface area contributed by atoms with Gasteiger partial charge in [0.25, 0.3) is 0 Å². The number of nitrogens with one attached hydrogen (secondary N) is 1. The first kappa shape index (κ1) is 15.1. The Labute approximate surface area is 137 Å². The van der Waals surface area contributed by atoms with Crippen molar-refractivity contribution in [1.82, 2.24) is 4.98 Å². The fourth-order valence-corrected chi connectivity index (χ4v) is 2.53. The number of rotatable bonds is 6. The second kappa shape index (κ2) is 7.45. The van der Waals surface area contributed by atoms with Crippen molar-refractivity contribution in [2.24, 2.45) is 0 Å². The molecule has 0 atom stereocenters. The summed E-state index contributed by atoms with van der Waals surface area (Å²) >= 11 is 0. The van der Waals surface area contributed by atoms with E-state index in [9.17, 15) is 0 Å². The Morgan fingerprint density at radius 2 is 1.57 bits per heavy atom. The number of benzene rings is 2. The molecule has 0 fully saturated rings. The molecule has 1 aromatic heterocycles. The predicted molar refractivity (Wildman–Crippen MR) is 97.1 cm³/mol. The van der Waals surface area contributed by atoms with Crippen molar-refractivity contribution in [3.8, 4) is 0 Å². The third kappa shape index (κ3) is 3.89. The molecule has 23 heavy (non-hydrogen) atoms. The van der Waals surface area contributed by atoms with E-state index in [4.69, 9.17) is 0 Å². The van der Waals surface area contributed by atoms with Crippen molar-refractivity contribution in [2.75, 3.05) is 16.8 Å². The van der Waals surface area contributed by atoms with Crippen molar-refractivity contribution in [1.29, 1.82) is 0 Å². The summed E-state index contributed by atoms with van der Waals surface area (Å²) in [6, 6.07) is 25.0. The lowest BCUT2D eigenvalue weighted by atomic mass is 10.2. The van der Waals surface area contributed by atoms with E-state index in [1.54, 1.807) is 0 Å². The third-order valence-corrected chi connectivity index (χ3v) is 3.66. The van der Waals surface area contributed by atoms with Gasteiger partial charge in [-0.1, -0.05) is 48.5 Å². The number of hydrogen-bond acceptors (Lipinski definition) is 3. The Hall–Kier alpha value is -2.81. The van der Waals surface area contributed by atoms with Gasteiger partial charge in [0.05, 0.1) is 11.9 Å². The van der Waals surface area contributed by atoms with Crippen LogP contribution in [-0.2, 0) is 6.54 Å². The Morgan fingerprint density at radius 3 is 2.17 bits per heavy atom. The van der Waals surface area contributed by atoms with Crippen molar-refractivity contribution in [2.45, 2.75) is 13.5 Å². The Bertz CT molecular complexity index is 709. The van der Waals surface area contributed by atoms with Gasteiger partial charge < -0.3 is 10.2 Å². The van der Waals surface area contributed by atoms with Crippen molar-refractivity contribution < 1.29 is 0 Å². The second-order valence-electron chi connectivity index (χ2n) is 5.34. The van der Waals surface area contributed by atoms with Crippen LogP contribution in [0.25, 0.3) is 0 Å². The number of nitrogens with zero attached hydrogens (tertiary/aromatic N) is 2. The van der Waals surface area contributed by atoms with Crippen LogP contribution in [0.2, 0.25) is 0 Å². The van der Waals surface area contributed by atoms with Gasteiger partial charge in [-0.05, 0) is 36.8 Å². The van der Waals surface area contributed by atoms with Crippen molar-refractivity contribution in [3.63, 3.8) is 0 Å². The van der Waals surface area contributed by atoms with Gasteiger partial charge >= 0.3 is 0 Å². The van der Waals surface area contributed by atoms with Crippen LogP contribution in [0.4, 0.5) is 17.2 Å². The largest absolute Gasteiger partial charge is 0.384 e. The van der Waals surface area contributed by atoms with E-state index in [2.05, 4.69) is 82.8 Å². The first-order valence-corrected chi connectivity index (χ1v) is 7.93. The maximum absolute atomic E-state index is 4.63. The van der Waals surface area contributed by atoms with Crippen LogP contribution in [0.15, 0.2) is 79.0 Å². The van der Waals surface area contributed by atoms with Gasteiger partial charge in [-0.2, -0.15) is 0 Å². The zero-order valence-electron chi connectivity index (χ0n) is 13.3. The maximum Gasteiger partial charge on any atom is 0.133 e. The van der Waals surface area contributed by atoms with Crippen LogP contribution < -0.4 is 10.2 Å². The molecule has 0 saturated heterocycles. The molecule has 3 heteroatoms. The molecule has 0 spiro atoms. The Balaban J connectivity index is 1.91. The van der Waals surface area contributed by atoms with Crippen LogP contribution in [0, 0.1) is 0 Å². The highest BCUT2D eigenvalue weighted by atomic mass is 15.2. The van der Waals surface area contributed by atoms with Gasteiger partial charge in [0, 0.05) is 18.8 Å². The van der Waals surface area contributed by atoms with E-state index < -0.39 is 0 Å². The molecule has 0 unspecified atom stereocenters. The molecule has 1 N–H and O–H groups in total. The molecule has 2 aromatic carbocycles. The molecule has 0 amide bonds. The molecule has 116 valence electrons. The minimum Gasteiger partial charge on any atom is -0.384 e. The van der Waals surface area contributed by atoms with Gasteiger partial charge in [-0.25, -0.2) is 4.98 Å². The summed E-state index contributed by atoms with van der Waals surface area (Å²) in [4.78, 5) is 6.86. The molecular formula is C20H21N3. The number of hydrogen-bond donors (Lipinski definition) is 1. The first-order chi connectivity index (χ1) is 11.4. The van der Waals surface area contributed by atoms with Gasteiger partial charge in [0.2, 0.25) is 0 Å². The number of para-hydroxylation sites is 1. The molecule has 0 aliphatic carbocycles. The van der Waals surface area contributed by atoms with Crippen LogP contribution in [0.3, 0.4) is 0 Å². The average molecular weight is 303 g/mol. The first-order valence-electron chi connectivity index (χ1n) is 7.93. The third-order valence-electron chi connectivity index (χ3n) is 3.66. The van der Waals surface area contributed by atoms with Crippen molar-refractivity contribution in [3.05, 3.63) is 84.6 Å². The zero-order chi connectivity index (χ0) is 15.9. The Morgan fingerprint density at radius 1 is 0.870 bits per heavy atom. The van der Waals surface area contributed by atoms with E-state index in [0.717, 1.165) is 30.3 Å². The molecule has 3 rings (SSSR count). The molecule has 1 heterocycles. The SMILES string of the molecule is CCNc1ccc(N(Cc2ccccc2)c2ccccc2)nc1. The molecule has 3 aromatic rings. The molecule has 0 bridgehead atoms. The average Bonchev–Trinajstić information content (AvgIpc) is 2.62. The zero-order valence-corrected chi connectivity index (χ0v) is 13.3. The van der Waals surface area contributed by atoms with E-state index >= 15 is 0 Å². The lowest BCUT2D eigenvalue weighted by Crippen LogP contribution is -2.17. The fraction of sp³-hybridized carbons (Fsp3) is 0.150. The minimum absolute atomic E-state index is 0.790. The standard InChI is InChI=1S/C20H21N3/c1-2-21-18-13-14-20(22-15-18)23(19-11-7-4-8-12-19)16-17-9-5-3-6-10-17/h3-15,21H,2,16H2,1H3. The van der Waals surface area contributed by atoms with E-state index in [0.29, 0.717) is 0 Å². The van der Waals surface area contributed by atoms with Gasteiger partial charge in [-0.3, -0.25) is 0 Å². The summed E-state index contributed by atoms with van der Waals surface area (Å²) in [5.74, 6) is 0.946. The highest BCUT2D eigenvalue weighted by Crippen LogP contribution is 2.26. The summed E-state index contributed by atoms with van der Waals surface area (Å²) in [5.41, 5.74) is 3.44. The molecule has 3 nitrogen and oxygen atoms in total. The van der Waals surface area contributed by atoms with Crippen LogP contribution in [0.5, 0.6) is 0 Å². The normalized spacial score (nSPS) is 10.3. The van der Waals surface area contributed by atoms with Crippen LogP contribution in [0.1, 0.15) is 12.5 Å². The number of aromatic nitrogens is 1. The topological polar surface area (TPSA) is 28.2 Å². The summed E-state index contributed by atoms with van der Waals surface area (Å²) in [5, 5.41) is 3.28. The van der Waals surface area contributed by atoms with Crippen LogP contribution >= 0.6 is 0 Å². The summed E-state index contributed by atoms with van der Waals surface area (Å²) in [6.45, 7) is 3.77. The molecule has 0 aliphatic heterocycles. The van der Waals surface area contributed by atoms with Crippen molar-refractivity contribution >= 4 is 17.2 Å².